The van der Waals surface area contributed by atoms with E-state index in [0.29, 0.717) is 10.0 Å². The molecule has 0 aliphatic heterocycles. The van der Waals surface area contributed by atoms with Crippen LogP contribution in [0.15, 0.2) is 42.5 Å². The van der Waals surface area contributed by atoms with Crippen LogP contribution >= 0.6 is 45.8 Å². The van der Waals surface area contributed by atoms with Crippen LogP contribution in [0.3, 0.4) is 0 Å². The molecule has 0 saturated heterocycles. The minimum atomic E-state index is 0.231. The molecule has 1 atom stereocenters. The molecule has 0 aliphatic rings. The van der Waals surface area contributed by atoms with Gasteiger partial charge in [-0.05, 0) is 71.5 Å². The molecule has 2 aromatic rings. The maximum atomic E-state index is 6.08. The Morgan fingerprint density at radius 3 is 2.32 bits per heavy atom. The van der Waals surface area contributed by atoms with E-state index in [1.54, 1.807) is 0 Å². The van der Waals surface area contributed by atoms with Gasteiger partial charge in [0, 0.05) is 9.61 Å². The van der Waals surface area contributed by atoms with Crippen LogP contribution in [0.5, 0.6) is 0 Å². The molecule has 0 spiro atoms. The predicted octanol–water partition coefficient (Wildman–Crippen LogP) is 5.10. The molecule has 0 heterocycles. The molecule has 19 heavy (non-hydrogen) atoms. The Morgan fingerprint density at radius 2 is 1.74 bits per heavy atom. The molecular formula is C15H14Cl2IN. The van der Waals surface area contributed by atoms with Crippen molar-refractivity contribution in [1.82, 2.24) is 5.32 Å². The van der Waals surface area contributed by atoms with Gasteiger partial charge in [-0.25, -0.2) is 0 Å². The highest BCUT2D eigenvalue weighted by molar-refractivity contribution is 14.1. The maximum Gasteiger partial charge on any atom is 0.0595 e. The van der Waals surface area contributed by atoms with Crippen molar-refractivity contribution in [2.24, 2.45) is 0 Å². The van der Waals surface area contributed by atoms with Crippen LogP contribution in [0.1, 0.15) is 17.2 Å². The van der Waals surface area contributed by atoms with E-state index in [4.69, 9.17) is 23.2 Å². The van der Waals surface area contributed by atoms with Crippen molar-refractivity contribution in [1.29, 1.82) is 0 Å². The van der Waals surface area contributed by atoms with E-state index in [1.807, 2.05) is 25.2 Å². The van der Waals surface area contributed by atoms with Crippen LogP contribution in [-0.2, 0) is 6.42 Å². The minimum absolute atomic E-state index is 0.231. The smallest absolute Gasteiger partial charge is 0.0595 e. The van der Waals surface area contributed by atoms with E-state index >= 15 is 0 Å². The molecule has 1 N–H and O–H groups in total. The quantitative estimate of drug-likeness (QED) is 0.697. The topological polar surface area (TPSA) is 12.0 Å². The fourth-order valence-corrected chi connectivity index (χ4v) is 2.64. The summed E-state index contributed by atoms with van der Waals surface area (Å²) in [6.45, 7) is 0. The van der Waals surface area contributed by atoms with Gasteiger partial charge in [-0.2, -0.15) is 0 Å². The summed E-state index contributed by atoms with van der Waals surface area (Å²) in [6, 6.07) is 14.6. The highest BCUT2D eigenvalue weighted by Gasteiger charge is 2.11. The number of nitrogens with one attached hydrogen (secondary N) is 1. The van der Waals surface area contributed by atoms with Gasteiger partial charge in [0.25, 0.3) is 0 Å². The number of benzene rings is 2. The minimum Gasteiger partial charge on any atom is -0.313 e. The van der Waals surface area contributed by atoms with E-state index in [2.05, 4.69) is 52.2 Å². The predicted molar refractivity (Wildman–Crippen MR) is 91.1 cm³/mol. The summed E-state index contributed by atoms with van der Waals surface area (Å²) in [7, 11) is 1.96. The largest absolute Gasteiger partial charge is 0.313 e. The molecule has 100 valence electrons. The fourth-order valence-electron chi connectivity index (χ4n) is 1.97. The van der Waals surface area contributed by atoms with Crippen LogP contribution in [0.2, 0.25) is 10.0 Å². The molecule has 2 aromatic carbocycles. The first kappa shape index (κ1) is 15.1. The summed E-state index contributed by atoms with van der Waals surface area (Å²) < 4.78 is 1.25. The third-order valence-electron chi connectivity index (χ3n) is 3.05. The van der Waals surface area contributed by atoms with E-state index in [9.17, 15) is 0 Å². The molecule has 0 amide bonds. The second kappa shape index (κ2) is 6.93. The highest BCUT2D eigenvalue weighted by Crippen LogP contribution is 2.27. The van der Waals surface area contributed by atoms with E-state index in [0.717, 1.165) is 12.0 Å². The van der Waals surface area contributed by atoms with Crippen LogP contribution in [0.25, 0.3) is 0 Å². The fraction of sp³-hybridized carbons (Fsp3) is 0.200. The van der Waals surface area contributed by atoms with Crippen LogP contribution in [0, 0.1) is 3.57 Å². The number of hydrogen-bond acceptors (Lipinski definition) is 1. The van der Waals surface area contributed by atoms with Crippen molar-refractivity contribution in [2.45, 2.75) is 12.5 Å². The first-order chi connectivity index (χ1) is 9.10. The van der Waals surface area contributed by atoms with Gasteiger partial charge in [-0.1, -0.05) is 41.4 Å². The first-order valence-corrected chi connectivity index (χ1v) is 7.80. The van der Waals surface area contributed by atoms with Gasteiger partial charge >= 0.3 is 0 Å². The summed E-state index contributed by atoms with van der Waals surface area (Å²) in [4.78, 5) is 0. The summed E-state index contributed by atoms with van der Waals surface area (Å²) in [5, 5.41) is 4.52. The van der Waals surface area contributed by atoms with Crippen molar-refractivity contribution >= 4 is 45.8 Å². The number of likely N-dealkylation sites (N-methyl/N-ethyl adjacent to an activating group) is 1. The van der Waals surface area contributed by atoms with Crippen LogP contribution in [0.4, 0.5) is 0 Å². The van der Waals surface area contributed by atoms with Crippen LogP contribution in [-0.4, -0.2) is 7.05 Å². The van der Waals surface area contributed by atoms with Crippen LogP contribution < -0.4 is 5.32 Å². The average molecular weight is 406 g/mol. The lowest BCUT2D eigenvalue weighted by atomic mass is 9.99. The van der Waals surface area contributed by atoms with Crippen molar-refractivity contribution in [3.05, 3.63) is 67.2 Å². The van der Waals surface area contributed by atoms with Gasteiger partial charge in [-0.3, -0.25) is 0 Å². The van der Waals surface area contributed by atoms with Gasteiger partial charge in [0.1, 0.15) is 0 Å². The lowest BCUT2D eigenvalue weighted by molar-refractivity contribution is 0.592. The average Bonchev–Trinajstić information content (AvgIpc) is 2.41. The molecule has 2 rings (SSSR count). The molecule has 0 aromatic heterocycles. The third-order valence-corrected chi connectivity index (χ3v) is 4.51. The zero-order chi connectivity index (χ0) is 13.8. The van der Waals surface area contributed by atoms with E-state index in [-0.39, 0.29) is 6.04 Å². The maximum absolute atomic E-state index is 6.08. The van der Waals surface area contributed by atoms with Crippen molar-refractivity contribution in [2.75, 3.05) is 7.05 Å². The normalized spacial score (nSPS) is 12.4. The van der Waals surface area contributed by atoms with Gasteiger partial charge in [-0.15, -0.1) is 0 Å². The molecule has 0 saturated carbocycles. The van der Waals surface area contributed by atoms with Gasteiger partial charge < -0.3 is 5.32 Å². The molecule has 1 nitrogen and oxygen atoms in total. The Labute approximate surface area is 137 Å². The van der Waals surface area contributed by atoms with Gasteiger partial charge in [0.2, 0.25) is 0 Å². The Morgan fingerprint density at radius 1 is 1.05 bits per heavy atom. The molecule has 0 fully saturated rings. The number of rotatable bonds is 4. The van der Waals surface area contributed by atoms with Gasteiger partial charge in [0.15, 0.2) is 0 Å². The lowest BCUT2D eigenvalue weighted by Gasteiger charge is -2.17. The zero-order valence-corrected chi connectivity index (χ0v) is 14.1. The second-order valence-corrected chi connectivity index (χ2v) is 6.41. The molecule has 1 unspecified atom stereocenters. The molecule has 0 radical (unpaired) electrons. The molecule has 0 bridgehead atoms. The third kappa shape index (κ3) is 4.09. The second-order valence-electron chi connectivity index (χ2n) is 4.35. The number of halogens is 3. The van der Waals surface area contributed by atoms with E-state index < -0.39 is 0 Å². The number of hydrogen-bond donors (Lipinski definition) is 1. The monoisotopic (exact) mass is 405 g/mol. The Balaban J connectivity index is 2.19. The summed E-state index contributed by atoms with van der Waals surface area (Å²) in [6.07, 6.45) is 0.922. The highest BCUT2D eigenvalue weighted by atomic mass is 127. The molecular weight excluding hydrogens is 392 g/mol. The molecule has 4 heteroatoms. The Bertz CT molecular complexity index is 555. The Kier molecular flexibility index (Phi) is 5.51. The first-order valence-electron chi connectivity index (χ1n) is 5.97. The summed E-state index contributed by atoms with van der Waals surface area (Å²) >= 11 is 14.3. The standard InChI is InChI=1S/C15H14Cl2IN/c1-19-15(8-10-2-5-12(18)6-3-10)11-4-7-13(16)14(17)9-11/h2-7,9,15,19H,8H2,1H3. The lowest BCUT2D eigenvalue weighted by Crippen LogP contribution is -2.18. The van der Waals surface area contributed by atoms with Crippen molar-refractivity contribution in [3.8, 4) is 0 Å². The Hall–Kier alpha value is -0.290. The SMILES string of the molecule is CNC(Cc1ccc(I)cc1)c1ccc(Cl)c(Cl)c1. The zero-order valence-electron chi connectivity index (χ0n) is 10.5. The molecule has 0 aliphatic carbocycles. The van der Waals surface area contributed by atoms with Gasteiger partial charge in [0.05, 0.1) is 10.0 Å². The van der Waals surface area contributed by atoms with Crippen molar-refractivity contribution < 1.29 is 0 Å². The summed E-state index contributed by atoms with van der Waals surface area (Å²) in [5.41, 5.74) is 2.45. The van der Waals surface area contributed by atoms with E-state index in [1.165, 1.54) is 9.13 Å². The summed E-state index contributed by atoms with van der Waals surface area (Å²) in [5.74, 6) is 0. The van der Waals surface area contributed by atoms with Crippen molar-refractivity contribution in [3.63, 3.8) is 0 Å².